The smallest absolute Gasteiger partial charge is 0.0576 e. The number of nitrogens with one attached hydrogen (secondary N) is 1. The Morgan fingerprint density at radius 2 is 2.14 bits per heavy atom. The third kappa shape index (κ3) is 3.97. The van der Waals surface area contributed by atoms with Crippen molar-refractivity contribution in [3.05, 3.63) is 0 Å². The van der Waals surface area contributed by atoms with Crippen molar-refractivity contribution in [3.8, 4) is 0 Å². The molecule has 84 valence electrons. The molecular formula is C12H25NO. The molecule has 14 heavy (non-hydrogen) atoms. The first-order valence-corrected chi connectivity index (χ1v) is 6.00. The second-order valence-electron chi connectivity index (χ2n) is 4.72. The third-order valence-corrected chi connectivity index (χ3v) is 3.47. The molecule has 1 rings (SSSR count). The average molecular weight is 199 g/mol. The summed E-state index contributed by atoms with van der Waals surface area (Å²) < 4.78 is 5.63. The van der Waals surface area contributed by atoms with E-state index in [0.29, 0.717) is 6.10 Å². The highest BCUT2D eigenvalue weighted by molar-refractivity contribution is 4.69. The standard InChI is InChI=1S/C12H25NO/c1-10(11(2)9-13-3)6-7-12-5-4-8-14-12/h10-13H,4-9H2,1-3H3. The second kappa shape index (κ2) is 6.41. The topological polar surface area (TPSA) is 21.3 Å². The summed E-state index contributed by atoms with van der Waals surface area (Å²) in [5.41, 5.74) is 0. The maximum absolute atomic E-state index is 5.63. The van der Waals surface area contributed by atoms with Crippen LogP contribution in [0.25, 0.3) is 0 Å². The maximum Gasteiger partial charge on any atom is 0.0576 e. The molecule has 1 heterocycles. The number of ether oxygens (including phenoxy) is 1. The van der Waals surface area contributed by atoms with Crippen LogP contribution in [0.3, 0.4) is 0 Å². The molecule has 0 aromatic carbocycles. The van der Waals surface area contributed by atoms with Crippen LogP contribution in [0, 0.1) is 11.8 Å². The largest absolute Gasteiger partial charge is 0.378 e. The summed E-state index contributed by atoms with van der Waals surface area (Å²) in [5.74, 6) is 1.59. The van der Waals surface area contributed by atoms with Gasteiger partial charge in [-0.2, -0.15) is 0 Å². The first-order valence-electron chi connectivity index (χ1n) is 6.00. The van der Waals surface area contributed by atoms with Gasteiger partial charge in [-0.1, -0.05) is 13.8 Å². The molecule has 0 bridgehead atoms. The highest BCUT2D eigenvalue weighted by Gasteiger charge is 2.18. The molecule has 1 saturated heterocycles. The van der Waals surface area contributed by atoms with Crippen molar-refractivity contribution in [2.24, 2.45) is 11.8 Å². The predicted molar refractivity (Wildman–Crippen MR) is 60.5 cm³/mol. The van der Waals surface area contributed by atoms with E-state index in [1.807, 2.05) is 7.05 Å². The molecule has 0 aliphatic carbocycles. The van der Waals surface area contributed by atoms with Crippen molar-refractivity contribution >= 4 is 0 Å². The normalized spacial score (nSPS) is 26.4. The van der Waals surface area contributed by atoms with Gasteiger partial charge in [0.1, 0.15) is 0 Å². The number of hydrogen-bond acceptors (Lipinski definition) is 2. The van der Waals surface area contributed by atoms with Crippen molar-refractivity contribution in [1.82, 2.24) is 5.32 Å². The Bertz CT molecular complexity index is 143. The van der Waals surface area contributed by atoms with E-state index in [9.17, 15) is 0 Å². The molecule has 1 N–H and O–H groups in total. The van der Waals surface area contributed by atoms with Crippen LogP contribution in [0.5, 0.6) is 0 Å². The fourth-order valence-corrected chi connectivity index (χ4v) is 2.13. The molecule has 0 saturated carbocycles. The molecule has 3 atom stereocenters. The fourth-order valence-electron chi connectivity index (χ4n) is 2.13. The van der Waals surface area contributed by atoms with Crippen LogP contribution in [0.2, 0.25) is 0 Å². The summed E-state index contributed by atoms with van der Waals surface area (Å²) in [5, 5.41) is 3.25. The van der Waals surface area contributed by atoms with E-state index in [0.717, 1.165) is 25.0 Å². The van der Waals surface area contributed by atoms with Gasteiger partial charge < -0.3 is 10.1 Å². The molecule has 1 aliphatic rings. The number of rotatable bonds is 6. The van der Waals surface area contributed by atoms with E-state index < -0.39 is 0 Å². The van der Waals surface area contributed by atoms with Crippen LogP contribution in [-0.2, 0) is 4.74 Å². The van der Waals surface area contributed by atoms with Crippen LogP contribution in [0.1, 0.15) is 39.5 Å². The summed E-state index contributed by atoms with van der Waals surface area (Å²) in [6.45, 7) is 6.81. The Labute approximate surface area is 88.4 Å². The quantitative estimate of drug-likeness (QED) is 0.709. The number of hydrogen-bond donors (Lipinski definition) is 1. The lowest BCUT2D eigenvalue weighted by atomic mass is 9.90. The first kappa shape index (κ1) is 12.0. The van der Waals surface area contributed by atoms with Gasteiger partial charge in [-0.3, -0.25) is 0 Å². The summed E-state index contributed by atoms with van der Waals surface area (Å²) in [4.78, 5) is 0. The minimum atomic E-state index is 0.569. The molecule has 0 spiro atoms. The van der Waals surface area contributed by atoms with E-state index in [-0.39, 0.29) is 0 Å². The van der Waals surface area contributed by atoms with E-state index in [1.165, 1.54) is 25.7 Å². The van der Waals surface area contributed by atoms with E-state index in [4.69, 9.17) is 4.74 Å². The Morgan fingerprint density at radius 3 is 2.71 bits per heavy atom. The lowest BCUT2D eigenvalue weighted by molar-refractivity contribution is 0.0961. The van der Waals surface area contributed by atoms with Gasteiger partial charge in [-0.15, -0.1) is 0 Å². The summed E-state index contributed by atoms with van der Waals surface area (Å²) >= 11 is 0. The minimum Gasteiger partial charge on any atom is -0.378 e. The van der Waals surface area contributed by atoms with Crippen LogP contribution in [0.4, 0.5) is 0 Å². The van der Waals surface area contributed by atoms with E-state index >= 15 is 0 Å². The molecule has 0 amide bonds. The van der Waals surface area contributed by atoms with Crippen LogP contribution < -0.4 is 5.32 Å². The molecule has 0 aromatic heterocycles. The van der Waals surface area contributed by atoms with E-state index in [1.54, 1.807) is 0 Å². The molecule has 1 aliphatic heterocycles. The van der Waals surface area contributed by atoms with Gasteiger partial charge in [0, 0.05) is 6.61 Å². The van der Waals surface area contributed by atoms with Crippen LogP contribution in [0.15, 0.2) is 0 Å². The Morgan fingerprint density at radius 1 is 1.36 bits per heavy atom. The van der Waals surface area contributed by atoms with Crippen molar-refractivity contribution in [2.45, 2.75) is 45.6 Å². The van der Waals surface area contributed by atoms with Crippen LogP contribution >= 0.6 is 0 Å². The van der Waals surface area contributed by atoms with Crippen LogP contribution in [-0.4, -0.2) is 26.3 Å². The van der Waals surface area contributed by atoms with Crippen molar-refractivity contribution in [2.75, 3.05) is 20.2 Å². The second-order valence-corrected chi connectivity index (χ2v) is 4.72. The molecule has 0 radical (unpaired) electrons. The van der Waals surface area contributed by atoms with Gasteiger partial charge in [-0.25, -0.2) is 0 Å². The van der Waals surface area contributed by atoms with Gasteiger partial charge in [-0.05, 0) is 51.1 Å². The van der Waals surface area contributed by atoms with Crippen molar-refractivity contribution in [1.29, 1.82) is 0 Å². The molecule has 2 heteroatoms. The Hall–Kier alpha value is -0.0800. The minimum absolute atomic E-state index is 0.569. The van der Waals surface area contributed by atoms with Gasteiger partial charge >= 0.3 is 0 Å². The van der Waals surface area contributed by atoms with Gasteiger partial charge in [0.15, 0.2) is 0 Å². The monoisotopic (exact) mass is 199 g/mol. The zero-order valence-electron chi connectivity index (χ0n) is 9.88. The Kier molecular flexibility index (Phi) is 5.49. The SMILES string of the molecule is CNCC(C)C(C)CCC1CCCO1. The highest BCUT2D eigenvalue weighted by Crippen LogP contribution is 2.22. The molecule has 2 nitrogen and oxygen atoms in total. The summed E-state index contributed by atoms with van der Waals surface area (Å²) in [7, 11) is 2.03. The molecule has 1 fully saturated rings. The fraction of sp³-hybridized carbons (Fsp3) is 1.00. The van der Waals surface area contributed by atoms with Gasteiger partial charge in [0.05, 0.1) is 6.10 Å². The summed E-state index contributed by atoms with van der Waals surface area (Å²) in [6, 6.07) is 0. The average Bonchev–Trinajstić information content (AvgIpc) is 2.67. The molecule has 0 aromatic rings. The zero-order chi connectivity index (χ0) is 10.4. The zero-order valence-corrected chi connectivity index (χ0v) is 9.88. The maximum atomic E-state index is 5.63. The summed E-state index contributed by atoms with van der Waals surface area (Å²) in [6.07, 6.45) is 5.69. The predicted octanol–water partition coefficient (Wildman–Crippen LogP) is 2.44. The molecule has 3 unspecified atom stereocenters. The van der Waals surface area contributed by atoms with Crippen molar-refractivity contribution < 1.29 is 4.74 Å². The lowest BCUT2D eigenvalue weighted by Crippen LogP contribution is -2.22. The highest BCUT2D eigenvalue weighted by atomic mass is 16.5. The van der Waals surface area contributed by atoms with Gasteiger partial charge in [0.25, 0.3) is 0 Å². The Balaban J connectivity index is 2.09. The van der Waals surface area contributed by atoms with E-state index in [2.05, 4.69) is 19.2 Å². The molecular weight excluding hydrogens is 174 g/mol. The third-order valence-electron chi connectivity index (χ3n) is 3.47. The van der Waals surface area contributed by atoms with Crippen molar-refractivity contribution in [3.63, 3.8) is 0 Å². The lowest BCUT2D eigenvalue weighted by Gasteiger charge is -2.20. The first-order chi connectivity index (χ1) is 6.74. The van der Waals surface area contributed by atoms with Gasteiger partial charge in [0.2, 0.25) is 0 Å².